The fourth-order valence-electron chi connectivity index (χ4n) is 5.91. The van der Waals surface area contributed by atoms with Crippen LogP contribution in [-0.4, -0.2) is 102 Å². The quantitative estimate of drug-likeness (QED) is 0.173. The summed E-state index contributed by atoms with van der Waals surface area (Å²) in [6.07, 6.45) is -6.25. The molecular weight excluding hydrogens is 667 g/mol. The number of aliphatic hydroxyl groups excluding tert-OH is 1. The molecule has 6 heterocycles. The Morgan fingerprint density at radius 3 is 2.62 bits per heavy atom. The summed E-state index contributed by atoms with van der Waals surface area (Å²) in [6, 6.07) is -0.229. The van der Waals surface area contributed by atoms with Gasteiger partial charge in [-0.1, -0.05) is 0 Å². The second-order valence-corrected chi connectivity index (χ2v) is 13.5. The second-order valence-electron chi connectivity index (χ2n) is 11.8. The van der Waals surface area contributed by atoms with E-state index in [1.54, 1.807) is 6.92 Å². The average Bonchev–Trinajstić information content (AvgIpc) is 3.62. The van der Waals surface area contributed by atoms with Crippen LogP contribution < -0.4 is 27.0 Å². The number of hydrogen-bond donors (Lipinski definition) is 4. The van der Waals surface area contributed by atoms with Crippen molar-refractivity contribution in [1.82, 2.24) is 34.2 Å². The number of fused-ring (bicyclic) bond motifs is 2. The summed E-state index contributed by atoms with van der Waals surface area (Å²) in [4.78, 5) is 41.5. The van der Waals surface area contributed by atoms with Crippen molar-refractivity contribution < 1.29 is 51.2 Å². The number of nitrogens with one attached hydrogen (secondary N) is 1. The van der Waals surface area contributed by atoms with Crippen LogP contribution in [-0.2, 0) is 32.6 Å². The highest BCUT2D eigenvalue weighted by Crippen LogP contribution is 2.57. The Bertz CT molecular complexity index is 1830. The van der Waals surface area contributed by atoms with Crippen molar-refractivity contribution in [2.45, 2.75) is 81.9 Å². The van der Waals surface area contributed by atoms with Gasteiger partial charge >= 0.3 is 19.4 Å². The third kappa shape index (κ3) is 5.78. The van der Waals surface area contributed by atoms with Crippen molar-refractivity contribution >= 4 is 36.6 Å². The van der Waals surface area contributed by atoms with Gasteiger partial charge in [-0.3, -0.25) is 23.0 Å². The zero-order chi connectivity index (χ0) is 34.8. The Morgan fingerprint density at radius 1 is 1.21 bits per heavy atom. The van der Waals surface area contributed by atoms with Gasteiger partial charge in [0.1, 0.15) is 30.2 Å². The van der Waals surface area contributed by atoms with Gasteiger partial charge in [0.2, 0.25) is 11.8 Å². The van der Waals surface area contributed by atoms with Crippen LogP contribution in [0.3, 0.4) is 0 Å². The maximum atomic E-state index is 16.5. The lowest BCUT2D eigenvalue weighted by atomic mass is 9.98. The third-order valence-electron chi connectivity index (χ3n) is 8.20. The van der Waals surface area contributed by atoms with Crippen LogP contribution in [0.1, 0.15) is 40.2 Å². The Morgan fingerprint density at radius 2 is 1.94 bits per heavy atom. The molecule has 10 atom stereocenters. The standard InChI is InChI=1S/C26H34F2N9O10P/c1-5-42-19-15-18(33-23(30)34-19)37(10-31-15)22-26(4,28)17-13(45-22)9-43-48(41,47-17)35-11(2)20(39)46-16-12(8-38)44-21(25(16,3)27)36-7-6-14(29)32-24(36)40/h6-7,10-13,16-17,21-22,38H,5,8-9H2,1-4H3,(H,35,41)(H2,29,32,40)(H2,30,33,34)/t11-,12+,13+,16+,17+,21+,22+,25+,26+,48?/m0/s1. The van der Waals surface area contributed by atoms with Gasteiger partial charge in [-0.25, -0.2) is 28.2 Å². The molecule has 0 aromatic carbocycles. The van der Waals surface area contributed by atoms with Crippen LogP contribution >= 0.6 is 7.75 Å². The topological polar surface area (TPSA) is 252 Å². The fourth-order valence-corrected chi connectivity index (χ4v) is 7.67. The summed E-state index contributed by atoms with van der Waals surface area (Å²) >= 11 is 0. The average molecular weight is 702 g/mol. The number of aromatic nitrogens is 6. The number of carbonyl (C=O) groups is 1. The van der Waals surface area contributed by atoms with Crippen molar-refractivity contribution in [1.29, 1.82) is 0 Å². The predicted octanol–water partition coefficient (Wildman–Crippen LogP) is 0.303. The minimum atomic E-state index is -4.42. The lowest BCUT2D eigenvalue weighted by Gasteiger charge is -2.35. The molecule has 6 N–H and O–H groups in total. The normalized spacial score (nSPS) is 35.4. The minimum absolute atomic E-state index is 0.0955. The summed E-state index contributed by atoms with van der Waals surface area (Å²) in [5.41, 5.74) is 5.83. The number of alkyl halides is 2. The van der Waals surface area contributed by atoms with E-state index in [1.165, 1.54) is 30.8 Å². The van der Waals surface area contributed by atoms with E-state index < -0.39 is 86.9 Å². The summed E-state index contributed by atoms with van der Waals surface area (Å²) in [7, 11) is -4.42. The maximum absolute atomic E-state index is 16.5. The van der Waals surface area contributed by atoms with E-state index in [1.807, 2.05) is 0 Å². The number of aliphatic hydroxyl groups is 1. The molecule has 262 valence electrons. The monoisotopic (exact) mass is 701 g/mol. The molecule has 1 unspecified atom stereocenters. The largest absolute Gasteiger partial charge is 0.476 e. The van der Waals surface area contributed by atoms with Crippen LogP contribution in [0, 0.1) is 0 Å². The van der Waals surface area contributed by atoms with Gasteiger partial charge in [0, 0.05) is 6.20 Å². The SMILES string of the molecule is CCOc1nc(N)nc2c1ncn2[C@@H]1O[C@@H]2COP(=O)(N[C@@H](C)C(=O)O[C@@H]3[C@@H](CO)O[C@@H](n4ccc(N)nc4=O)[C@]3(C)F)O[C@H]2[C@@]1(C)F. The van der Waals surface area contributed by atoms with Crippen LogP contribution in [0.25, 0.3) is 11.2 Å². The molecule has 0 amide bonds. The zero-order valence-electron chi connectivity index (χ0n) is 26.1. The summed E-state index contributed by atoms with van der Waals surface area (Å²) in [6.45, 7) is 4.23. The van der Waals surface area contributed by atoms with Crippen molar-refractivity contribution in [3.63, 3.8) is 0 Å². The number of ether oxygens (including phenoxy) is 4. The number of anilines is 2. The lowest BCUT2D eigenvalue weighted by molar-refractivity contribution is -0.160. The molecule has 3 fully saturated rings. The molecule has 19 nitrogen and oxygen atoms in total. The van der Waals surface area contributed by atoms with E-state index in [2.05, 4.69) is 25.0 Å². The number of nitrogens with two attached hydrogens (primary N) is 2. The molecule has 48 heavy (non-hydrogen) atoms. The molecule has 3 aliphatic rings. The van der Waals surface area contributed by atoms with E-state index >= 15 is 8.78 Å². The first-order chi connectivity index (χ1) is 22.6. The lowest BCUT2D eigenvalue weighted by Crippen LogP contribution is -2.49. The highest BCUT2D eigenvalue weighted by atomic mass is 31.2. The van der Waals surface area contributed by atoms with Crippen LogP contribution in [0.4, 0.5) is 20.5 Å². The first-order valence-electron chi connectivity index (χ1n) is 14.8. The smallest absolute Gasteiger partial charge is 0.406 e. The number of imidazole rings is 1. The summed E-state index contributed by atoms with van der Waals surface area (Å²) in [5, 5.41) is 12.2. The zero-order valence-corrected chi connectivity index (χ0v) is 27.0. The van der Waals surface area contributed by atoms with Gasteiger partial charge in [0.25, 0.3) is 0 Å². The second kappa shape index (κ2) is 12.2. The van der Waals surface area contributed by atoms with E-state index in [-0.39, 0.29) is 35.4 Å². The molecule has 3 aromatic heterocycles. The van der Waals surface area contributed by atoms with Gasteiger partial charge in [0.15, 0.2) is 41.1 Å². The first kappa shape index (κ1) is 34.0. The Labute approximate surface area is 270 Å². The molecule has 0 aliphatic carbocycles. The maximum Gasteiger partial charge on any atom is 0.406 e. The number of hydrogen-bond acceptors (Lipinski definition) is 16. The van der Waals surface area contributed by atoms with E-state index in [0.29, 0.717) is 0 Å². The Balaban J connectivity index is 1.16. The van der Waals surface area contributed by atoms with Crippen LogP contribution in [0.15, 0.2) is 23.4 Å². The van der Waals surface area contributed by atoms with Crippen molar-refractivity contribution in [3.05, 3.63) is 29.1 Å². The predicted molar refractivity (Wildman–Crippen MR) is 159 cm³/mol. The Hall–Kier alpha value is -3.85. The number of carbonyl (C=O) groups excluding carboxylic acids is 1. The highest BCUT2D eigenvalue weighted by molar-refractivity contribution is 7.51. The summed E-state index contributed by atoms with van der Waals surface area (Å²) < 4.78 is 81.8. The third-order valence-corrected chi connectivity index (χ3v) is 9.89. The molecule has 3 aliphatic heterocycles. The first-order valence-corrected chi connectivity index (χ1v) is 16.3. The van der Waals surface area contributed by atoms with Crippen molar-refractivity contribution in [2.24, 2.45) is 0 Å². The number of nitrogen functional groups attached to an aromatic ring is 2. The van der Waals surface area contributed by atoms with Gasteiger partial charge in [-0.2, -0.15) is 15.0 Å². The fraction of sp³-hybridized carbons (Fsp3) is 0.615. The van der Waals surface area contributed by atoms with E-state index in [4.69, 9.17) is 39.5 Å². The number of rotatable bonds is 9. The van der Waals surface area contributed by atoms with Gasteiger partial charge < -0.3 is 35.5 Å². The van der Waals surface area contributed by atoms with Crippen molar-refractivity contribution in [2.75, 3.05) is 31.3 Å². The van der Waals surface area contributed by atoms with Gasteiger partial charge in [-0.05, 0) is 33.8 Å². The number of nitrogens with zero attached hydrogens (tertiary/aromatic N) is 6. The molecule has 0 saturated carbocycles. The minimum Gasteiger partial charge on any atom is -0.476 e. The highest BCUT2D eigenvalue weighted by Gasteiger charge is 2.62. The van der Waals surface area contributed by atoms with Crippen LogP contribution in [0.5, 0.6) is 5.88 Å². The molecule has 0 radical (unpaired) electrons. The molecular formula is C26H34F2N9O10P. The molecule has 22 heteroatoms. The molecule has 6 rings (SSSR count). The van der Waals surface area contributed by atoms with Gasteiger partial charge in [0.05, 0.1) is 26.1 Å². The van der Waals surface area contributed by atoms with E-state index in [0.717, 1.165) is 17.7 Å². The molecule has 3 aromatic rings. The molecule has 0 bridgehead atoms. The molecule has 3 saturated heterocycles. The summed E-state index contributed by atoms with van der Waals surface area (Å²) in [5.74, 6) is -1.30. The number of halogens is 2. The molecule has 0 spiro atoms. The van der Waals surface area contributed by atoms with E-state index in [9.17, 15) is 19.3 Å². The van der Waals surface area contributed by atoms with Crippen LogP contribution in [0.2, 0.25) is 0 Å². The van der Waals surface area contributed by atoms with Gasteiger partial charge in [-0.15, -0.1) is 0 Å². The van der Waals surface area contributed by atoms with Crippen molar-refractivity contribution in [3.8, 4) is 5.88 Å². The number of esters is 1. The Kier molecular flexibility index (Phi) is 8.68.